The highest BCUT2D eigenvalue weighted by atomic mass is 16.1. The van der Waals surface area contributed by atoms with Crippen molar-refractivity contribution in [1.29, 1.82) is 0 Å². The zero-order valence-electron chi connectivity index (χ0n) is 10.8. The Morgan fingerprint density at radius 2 is 1.58 bits per heavy atom. The van der Waals surface area contributed by atoms with Crippen LogP contribution in [-0.2, 0) is 11.3 Å². The second-order valence-electron chi connectivity index (χ2n) is 4.40. The van der Waals surface area contributed by atoms with E-state index in [0.717, 1.165) is 11.1 Å². The molecule has 0 heterocycles. The molecule has 0 radical (unpaired) electrons. The van der Waals surface area contributed by atoms with Gasteiger partial charge in [-0.1, -0.05) is 60.7 Å². The number of nitrogens with two attached hydrogens (primary N) is 1. The number of hydrogen-bond donors (Lipinski definition) is 2. The van der Waals surface area contributed by atoms with Gasteiger partial charge in [-0.05, 0) is 11.1 Å². The molecule has 0 spiro atoms. The lowest BCUT2D eigenvalue weighted by molar-refractivity contribution is -0.122. The Balaban J connectivity index is 1.98. The molecule has 0 aliphatic rings. The first kappa shape index (κ1) is 13.3. The number of nitrogens with one attached hydrogen (secondary N) is 1. The van der Waals surface area contributed by atoms with E-state index in [1.54, 1.807) is 0 Å². The van der Waals surface area contributed by atoms with Crippen molar-refractivity contribution in [1.82, 2.24) is 5.32 Å². The number of hydrogen-bond acceptors (Lipinski definition) is 2. The SMILES string of the molecule is NCC(C(=O)NCc1ccccc1)c1ccccc1. The molecular weight excluding hydrogens is 236 g/mol. The Morgan fingerprint density at radius 1 is 1.00 bits per heavy atom. The molecule has 2 aromatic rings. The van der Waals surface area contributed by atoms with E-state index in [1.807, 2.05) is 60.7 Å². The van der Waals surface area contributed by atoms with Crippen LogP contribution in [0.1, 0.15) is 17.0 Å². The predicted molar refractivity (Wildman–Crippen MR) is 76.5 cm³/mol. The zero-order valence-corrected chi connectivity index (χ0v) is 10.8. The van der Waals surface area contributed by atoms with Gasteiger partial charge in [0.05, 0.1) is 5.92 Å². The van der Waals surface area contributed by atoms with Gasteiger partial charge in [0.15, 0.2) is 0 Å². The molecule has 3 N–H and O–H groups in total. The van der Waals surface area contributed by atoms with Gasteiger partial charge in [-0.3, -0.25) is 4.79 Å². The van der Waals surface area contributed by atoms with E-state index in [-0.39, 0.29) is 11.8 Å². The molecule has 1 atom stereocenters. The summed E-state index contributed by atoms with van der Waals surface area (Å²) in [6, 6.07) is 19.5. The normalized spacial score (nSPS) is 11.8. The summed E-state index contributed by atoms with van der Waals surface area (Å²) in [7, 11) is 0. The van der Waals surface area contributed by atoms with Crippen LogP contribution in [0.5, 0.6) is 0 Å². The smallest absolute Gasteiger partial charge is 0.229 e. The molecule has 3 nitrogen and oxygen atoms in total. The molecule has 2 aromatic carbocycles. The van der Waals surface area contributed by atoms with Crippen molar-refractivity contribution >= 4 is 5.91 Å². The fourth-order valence-electron chi connectivity index (χ4n) is 1.99. The number of carbonyl (C=O) groups is 1. The predicted octanol–water partition coefficient (Wildman–Crippen LogP) is 2.05. The van der Waals surface area contributed by atoms with Crippen molar-refractivity contribution in [2.24, 2.45) is 5.73 Å². The molecule has 0 saturated heterocycles. The Bertz CT molecular complexity index is 511. The summed E-state index contributed by atoms with van der Waals surface area (Å²) in [4.78, 5) is 12.2. The molecule has 0 bridgehead atoms. The molecular formula is C16H18N2O. The molecule has 0 saturated carbocycles. The summed E-state index contributed by atoms with van der Waals surface area (Å²) in [6.07, 6.45) is 0. The second kappa shape index (κ2) is 6.71. The summed E-state index contributed by atoms with van der Waals surface area (Å²) in [5.74, 6) is -0.317. The van der Waals surface area contributed by atoms with E-state index in [2.05, 4.69) is 5.32 Å². The van der Waals surface area contributed by atoms with Crippen LogP contribution >= 0.6 is 0 Å². The lowest BCUT2D eigenvalue weighted by atomic mass is 9.98. The minimum atomic E-state index is -0.287. The highest BCUT2D eigenvalue weighted by Crippen LogP contribution is 2.14. The molecule has 0 aliphatic heterocycles. The largest absolute Gasteiger partial charge is 0.351 e. The molecule has 98 valence electrons. The fourth-order valence-corrected chi connectivity index (χ4v) is 1.99. The summed E-state index contributed by atoms with van der Waals surface area (Å²) < 4.78 is 0. The monoisotopic (exact) mass is 254 g/mol. The van der Waals surface area contributed by atoms with E-state index in [1.165, 1.54) is 0 Å². The highest BCUT2D eigenvalue weighted by molar-refractivity contribution is 5.83. The first-order chi connectivity index (χ1) is 9.31. The van der Waals surface area contributed by atoms with Crippen LogP contribution in [0.3, 0.4) is 0 Å². The van der Waals surface area contributed by atoms with E-state index in [4.69, 9.17) is 5.73 Å². The van der Waals surface area contributed by atoms with Crippen LogP contribution in [-0.4, -0.2) is 12.5 Å². The molecule has 1 amide bonds. The number of benzene rings is 2. The molecule has 0 aliphatic carbocycles. The molecule has 0 aromatic heterocycles. The number of carbonyl (C=O) groups excluding carboxylic acids is 1. The Morgan fingerprint density at radius 3 is 2.16 bits per heavy atom. The third kappa shape index (κ3) is 3.66. The van der Waals surface area contributed by atoms with Crippen LogP contribution in [0.4, 0.5) is 0 Å². The van der Waals surface area contributed by atoms with Crippen molar-refractivity contribution in [2.75, 3.05) is 6.54 Å². The Hall–Kier alpha value is -2.13. The van der Waals surface area contributed by atoms with Gasteiger partial charge in [0.2, 0.25) is 5.91 Å². The average Bonchev–Trinajstić information content (AvgIpc) is 2.48. The van der Waals surface area contributed by atoms with Crippen LogP contribution in [0.25, 0.3) is 0 Å². The topological polar surface area (TPSA) is 55.1 Å². The molecule has 0 fully saturated rings. The lowest BCUT2D eigenvalue weighted by Crippen LogP contribution is -2.33. The zero-order chi connectivity index (χ0) is 13.5. The van der Waals surface area contributed by atoms with Crippen molar-refractivity contribution in [3.8, 4) is 0 Å². The quantitative estimate of drug-likeness (QED) is 0.858. The Labute approximate surface area is 113 Å². The van der Waals surface area contributed by atoms with Gasteiger partial charge < -0.3 is 11.1 Å². The van der Waals surface area contributed by atoms with Gasteiger partial charge >= 0.3 is 0 Å². The Kier molecular flexibility index (Phi) is 4.70. The van der Waals surface area contributed by atoms with E-state index < -0.39 is 0 Å². The van der Waals surface area contributed by atoms with Gasteiger partial charge in [0.1, 0.15) is 0 Å². The van der Waals surface area contributed by atoms with Crippen LogP contribution in [0.15, 0.2) is 60.7 Å². The molecule has 19 heavy (non-hydrogen) atoms. The highest BCUT2D eigenvalue weighted by Gasteiger charge is 2.18. The van der Waals surface area contributed by atoms with E-state index in [0.29, 0.717) is 13.1 Å². The molecule has 2 rings (SSSR count). The third-order valence-corrected chi connectivity index (χ3v) is 3.06. The number of rotatable bonds is 5. The van der Waals surface area contributed by atoms with Crippen LogP contribution < -0.4 is 11.1 Å². The maximum Gasteiger partial charge on any atom is 0.229 e. The second-order valence-corrected chi connectivity index (χ2v) is 4.40. The minimum Gasteiger partial charge on any atom is -0.351 e. The van der Waals surface area contributed by atoms with Crippen molar-refractivity contribution < 1.29 is 4.79 Å². The van der Waals surface area contributed by atoms with Crippen molar-refractivity contribution in [3.63, 3.8) is 0 Å². The molecule has 3 heteroatoms. The maximum absolute atomic E-state index is 12.2. The van der Waals surface area contributed by atoms with Gasteiger partial charge in [-0.15, -0.1) is 0 Å². The summed E-state index contributed by atoms with van der Waals surface area (Å²) in [5.41, 5.74) is 7.75. The minimum absolute atomic E-state index is 0.0300. The summed E-state index contributed by atoms with van der Waals surface area (Å²) >= 11 is 0. The third-order valence-electron chi connectivity index (χ3n) is 3.06. The first-order valence-electron chi connectivity index (χ1n) is 6.38. The van der Waals surface area contributed by atoms with Gasteiger partial charge in [0, 0.05) is 13.1 Å². The van der Waals surface area contributed by atoms with Gasteiger partial charge in [-0.25, -0.2) is 0 Å². The molecule has 1 unspecified atom stereocenters. The van der Waals surface area contributed by atoms with Crippen LogP contribution in [0.2, 0.25) is 0 Å². The van der Waals surface area contributed by atoms with Crippen molar-refractivity contribution in [2.45, 2.75) is 12.5 Å². The van der Waals surface area contributed by atoms with Crippen molar-refractivity contribution in [3.05, 3.63) is 71.8 Å². The summed E-state index contributed by atoms with van der Waals surface area (Å²) in [5, 5.41) is 2.93. The number of amides is 1. The summed E-state index contributed by atoms with van der Waals surface area (Å²) in [6.45, 7) is 0.841. The van der Waals surface area contributed by atoms with Gasteiger partial charge in [0.25, 0.3) is 0 Å². The maximum atomic E-state index is 12.2. The van der Waals surface area contributed by atoms with E-state index in [9.17, 15) is 4.79 Å². The van der Waals surface area contributed by atoms with E-state index >= 15 is 0 Å². The first-order valence-corrected chi connectivity index (χ1v) is 6.38. The fraction of sp³-hybridized carbons (Fsp3) is 0.188. The lowest BCUT2D eigenvalue weighted by Gasteiger charge is -2.15. The average molecular weight is 254 g/mol. The van der Waals surface area contributed by atoms with Crippen LogP contribution in [0, 0.1) is 0 Å². The van der Waals surface area contributed by atoms with Gasteiger partial charge in [-0.2, -0.15) is 0 Å². The standard InChI is InChI=1S/C16H18N2O/c17-11-15(14-9-5-2-6-10-14)16(19)18-12-13-7-3-1-4-8-13/h1-10,15H,11-12,17H2,(H,18,19).